The summed E-state index contributed by atoms with van der Waals surface area (Å²) < 4.78 is 26.4. The zero-order valence-electron chi connectivity index (χ0n) is 22.4. The molecule has 4 N–H and O–H groups in total. The van der Waals surface area contributed by atoms with E-state index in [9.17, 15) is 13.7 Å². The van der Waals surface area contributed by atoms with E-state index in [1.807, 2.05) is 35.0 Å². The summed E-state index contributed by atoms with van der Waals surface area (Å²) >= 11 is -0.286. The lowest BCUT2D eigenvalue weighted by Gasteiger charge is -2.11. The average Bonchev–Trinajstić information content (AvgIpc) is 3.57. The predicted molar refractivity (Wildman–Crippen MR) is 162 cm³/mol. The van der Waals surface area contributed by atoms with E-state index in [-0.39, 0.29) is 4.90 Å². The molecule has 1 atom stereocenters. The van der Waals surface area contributed by atoms with Crippen LogP contribution in [0.1, 0.15) is 40.2 Å². The Hall–Kier alpha value is -3.67. The van der Waals surface area contributed by atoms with Crippen LogP contribution in [0, 0.1) is 11.7 Å². The van der Waals surface area contributed by atoms with Crippen molar-refractivity contribution >= 4 is 29.0 Å². The first-order chi connectivity index (χ1) is 20.0. The summed E-state index contributed by atoms with van der Waals surface area (Å²) in [6, 6.07) is 23.2. The zero-order chi connectivity index (χ0) is 28.9. The second-order valence-electron chi connectivity index (χ2n) is 9.71. The molecule has 0 aliphatic heterocycles. The Bertz CT molecular complexity index is 1650. The highest BCUT2D eigenvalue weighted by atomic mass is 32.2. The Balaban J connectivity index is 0.00000165. The molecule has 0 radical (unpaired) electrons. The maximum Gasteiger partial charge on any atom is 0.275 e. The summed E-state index contributed by atoms with van der Waals surface area (Å²) in [6.45, 7) is 0. The van der Waals surface area contributed by atoms with E-state index in [0.717, 1.165) is 71.9 Å². The molecule has 1 aliphatic carbocycles. The van der Waals surface area contributed by atoms with E-state index in [0.29, 0.717) is 23.2 Å². The van der Waals surface area contributed by atoms with Gasteiger partial charge in [-0.2, -0.15) is 9.65 Å². The highest BCUT2D eigenvalue weighted by molar-refractivity contribution is 7.89. The van der Waals surface area contributed by atoms with Crippen LogP contribution in [-0.4, -0.2) is 37.8 Å². The van der Waals surface area contributed by atoms with Crippen LogP contribution in [0.25, 0.3) is 27.5 Å². The maximum atomic E-state index is 14.8. The largest absolute Gasteiger partial charge is 0.400 e. The second-order valence-corrected chi connectivity index (χ2v) is 11.6. The number of halogens is 1. The quantitative estimate of drug-likeness (QED) is 0.142. The first kappa shape index (κ1) is 28.8. The van der Waals surface area contributed by atoms with Gasteiger partial charge in [-0.15, -0.1) is 16.5 Å². The number of aromatic nitrogens is 3. The number of hydrogen-bond donors (Lipinski definition) is 3. The molecular weight excluding hydrogens is 559 g/mol. The third-order valence-corrected chi connectivity index (χ3v) is 8.52. The van der Waals surface area contributed by atoms with Crippen LogP contribution in [0.3, 0.4) is 0 Å². The molecule has 41 heavy (non-hydrogen) atoms. The van der Waals surface area contributed by atoms with Crippen LogP contribution in [0.15, 0.2) is 83.1 Å². The van der Waals surface area contributed by atoms with Gasteiger partial charge in [0, 0.05) is 36.1 Å². The maximum absolute atomic E-state index is 14.8. The van der Waals surface area contributed by atoms with Gasteiger partial charge in [-0.05, 0) is 54.0 Å². The number of thiazole rings is 1. The molecule has 0 bridgehead atoms. The number of carbonyl (C=O) groups is 1. The Morgan fingerprint density at radius 3 is 2.44 bits per heavy atom. The van der Waals surface area contributed by atoms with Crippen molar-refractivity contribution in [2.24, 2.45) is 11.1 Å². The predicted octanol–water partition coefficient (Wildman–Crippen LogP) is 6.09. The second kappa shape index (κ2) is 12.9. The lowest BCUT2D eigenvalue weighted by atomic mass is 9.95. The molecule has 2 heterocycles. The monoisotopic (exact) mass is 589 g/mol. The molecule has 1 fully saturated rings. The van der Waals surface area contributed by atoms with Gasteiger partial charge in [0.25, 0.3) is 11.4 Å². The van der Waals surface area contributed by atoms with E-state index in [1.54, 1.807) is 17.5 Å². The van der Waals surface area contributed by atoms with Crippen LogP contribution < -0.4 is 5.14 Å². The van der Waals surface area contributed by atoms with Crippen molar-refractivity contribution in [1.82, 2.24) is 14.8 Å². The molecule has 3 aromatic carbocycles. The van der Waals surface area contributed by atoms with Gasteiger partial charge in [0.1, 0.15) is 5.69 Å². The molecule has 0 amide bonds. The Labute approximate surface area is 244 Å². The summed E-state index contributed by atoms with van der Waals surface area (Å²) in [4.78, 5) is 16.0. The minimum absolute atomic E-state index is 0.0904. The summed E-state index contributed by atoms with van der Waals surface area (Å²) in [5.41, 5.74) is 7.06. The molecule has 0 saturated heterocycles. The van der Waals surface area contributed by atoms with Gasteiger partial charge < -0.3 is 5.11 Å². The van der Waals surface area contributed by atoms with Crippen molar-refractivity contribution in [3.63, 3.8) is 0 Å². The average molecular weight is 590 g/mol. The van der Waals surface area contributed by atoms with E-state index < -0.39 is 17.2 Å². The van der Waals surface area contributed by atoms with Crippen molar-refractivity contribution in [2.45, 2.75) is 30.6 Å². The van der Waals surface area contributed by atoms with Crippen LogP contribution in [0.2, 0.25) is 0 Å². The highest BCUT2D eigenvalue weighted by Crippen LogP contribution is 2.39. The standard InChI is InChI=1S/C30H26FN4O2S2.CH4O/c31-26-14-20(11-12-28(26)39(32)37)13-25-27(15-19-9-10-19)34-35(30-33-24(17-36)18-38-30)29(25)23-8-4-7-22(16-23)21-5-2-1-3-6-21;1-2/h1-8,11-12,14,16-19,37H,9-10,13,15,32H2;2H,1H3/q+1;. The van der Waals surface area contributed by atoms with Crippen molar-refractivity contribution in [3.05, 3.63) is 107 Å². The number of nitrogens with zero attached hydrogens (tertiary/aromatic N) is 3. The third kappa shape index (κ3) is 6.47. The molecule has 5 aromatic rings. The summed E-state index contributed by atoms with van der Waals surface area (Å²) in [6.07, 6.45) is 4.33. The van der Waals surface area contributed by atoms with Crippen molar-refractivity contribution in [2.75, 3.05) is 7.11 Å². The number of aldehydes is 1. The molecule has 7 nitrogen and oxygen atoms in total. The molecule has 1 saturated carbocycles. The number of carbonyl (C=O) groups excluding carboxylic acids is 1. The first-order valence-electron chi connectivity index (χ1n) is 13.1. The fraction of sp³-hybridized carbons (Fsp3) is 0.194. The first-order valence-corrected chi connectivity index (χ1v) is 15.2. The van der Waals surface area contributed by atoms with Gasteiger partial charge in [0.2, 0.25) is 10.0 Å². The molecule has 1 aliphatic rings. The lowest BCUT2D eigenvalue weighted by Crippen LogP contribution is -2.13. The van der Waals surface area contributed by atoms with Gasteiger partial charge >= 0.3 is 0 Å². The fourth-order valence-electron chi connectivity index (χ4n) is 4.81. The number of aliphatic hydroxyl groups is 1. The van der Waals surface area contributed by atoms with Crippen molar-refractivity contribution in [3.8, 4) is 27.5 Å². The van der Waals surface area contributed by atoms with E-state index in [1.165, 1.54) is 17.4 Å². The topological polar surface area (TPSA) is 114 Å². The SMILES string of the molecule is CO.N[S+](O)c1ccc(Cc2c(CC3CC3)nn(-c3nc(C=O)cs3)c2-c2cccc(-c3ccccc3)c2)cc1F. The van der Waals surface area contributed by atoms with Crippen LogP contribution in [0.4, 0.5) is 4.39 Å². The summed E-state index contributed by atoms with van der Waals surface area (Å²) in [7, 11) is 1.00. The molecule has 0 spiro atoms. The van der Waals surface area contributed by atoms with Crippen LogP contribution in [0.5, 0.6) is 0 Å². The number of nitrogens with two attached hydrogens (primary N) is 1. The van der Waals surface area contributed by atoms with Gasteiger partial charge in [0.05, 0.1) is 11.4 Å². The number of hydrogen-bond acceptors (Lipinski definition) is 7. The van der Waals surface area contributed by atoms with E-state index in [2.05, 4.69) is 29.2 Å². The third-order valence-electron chi connectivity index (χ3n) is 6.90. The van der Waals surface area contributed by atoms with Crippen LogP contribution >= 0.6 is 11.3 Å². The van der Waals surface area contributed by atoms with Crippen molar-refractivity contribution in [1.29, 1.82) is 0 Å². The number of aliphatic hydroxyl groups excluding tert-OH is 1. The van der Waals surface area contributed by atoms with Gasteiger partial charge in [-0.25, -0.2) is 14.1 Å². The highest BCUT2D eigenvalue weighted by Gasteiger charge is 2.29. The Morgan fingerprint density at radius 1 is 1.05 bits per heavy atom. The zero-order valence-corrected chi connectivity index (χ0v) is 24.0. The van der Waals surface area contributed by atoms with Gasteiger partial charge in [-0.3, -0.25) is 4.79 Å². The Morgan fingerprint density at radius 2 is 1.78 bits per heavy atom. The van der Waals surface area contributed by atoms with Crippen LogP contribution in [-0.2, 0) is 24.2 Å². The molecular formula is C31H30FN4O3S2+. The smallest absolute Gasteiger partial charge is 0.275 e. The van der Waals surface area contributed by atoms with E-state index in [4.69, 9.17) is 15.3 Å². The van der Waals surface area contributed by atoms with Gasteiger partial charge in [0.15, 0.2) is 12.1 Å². The summed E-state index contributed by atoms with van der Waals surface area (Å²) in [5, 5.41) is 19.9. The lowest BCUT2D eigenvalue weighted by molar-refractivity contribution is 0.111. The van der Waals surface area contributed by atoms with E-state index >= 15 is 0 Å². The number of benzene rings is 3. The minimum atomic E-state index is -1.65. The minimum Gasteiger partial charge on any atom is -0.400 e. The molecule has 10 heteroatoms. The molecule has 210 valence electrons. The molecule has 2 aromatic heterocycles. The number of rotatable bonds is 9. The molecule has 1 unspecified atom stereocenters. The molecule has 6 rings (SSSR count). The van der Waals surface area contributed by atoms with Crippen molar-refractivity contribution < 1.29 is 18.8 Å². The normalized spacial score (nSPS) is 13.4. The Kier molecular flexibility index (Phi) is 9.06. The fourth-order valence-corrected chi connectivity index (χ4v) is 6.00. The summed E-state index contributed by atoms with van der Waals surface area (Å²) in [5.74, 6) is 0.0466. The van der Waals surface area contributed by atoms with Gasteiger partial charge in [-0.1, -0.05) is 54.6 Å².